The number of unbranched alkanes of at least 4 members (excludes halogenated alkanes) is 9. The normalized spacial score (nSPS) is 12.4. The van der Waals surface area contributed by atoms with Gasteiger partial charge in [0, 0.05) is 21.3 Å². The molecule has 5 heteroatoms. The van der Waals surface area contributed by atoms with Crippen LogP contribution in [0.15, 0.2) is 59.1 Å². The number of anilines is 3. The Balaban J connectivity index is 1.40. The first kappa shape index (κ1) is 27.1. The molecule has 0 spiro atoms. The molecule has 1 aliphatic carbocycles. The predicted octanol–water partition coefficient (Wildman–Crippen LogP) is 9.01. The van der Waals surface area contributed by atoms with Crippen LogP contribution >= 0.6 is 15.9 Å². The number of hydrogen-bond donors (Lipinski definition) is 2. The van der Waals surface area contributed by atoms with Gasteiger partial charge in [-0.2, -0.15) is 0 Å². The summed E-state index contributed by atoms with van der Waals surface area (Å²) >= 11 is 3.49. The van der Waals surface area contributed by atoms with Gasteiger partial charge >= 0.3 is 0 Å². The van der Waals surface area contributed by atoms with Gasteiger partial charge in [-0.1, -0.05) is 101 Å². The van der Waals surface area contributed by atoms with E-state index in [1.165, 1.54) is 69.8 Å². The number of rotatable bonds is 13. The van der Waals surface area contributed by atoms with Crippen LogP contribution in [0.3, 0.4) is 0 Å². The minimum atomic E-state index is -0.221. The van der Waals surface area contributed by atoms with Crippen molar-refractivity contribution in [2.45, 2.75) is 77.6 Å². The van der Waals surface area contributed by atoms with E-state index in [1.807, 2.05) is 12.1 Å². The van der Waals surface area contributed by atoms with Crippen molar-refractivity contribution in [3.63, 3.8) is 0 Å². The Bertz CT molecular complexity index is 1270. The molecule has 0 unspecified atom stereocenters. The minimum Gasteiger partial charge on any atom is -0.397 e. The fraction of sp³-hybridized carbons (Fsp3) is 0.375. The van der Waals surface area contributed by atoms with Crippen molar-refractivity contribution in [1.82, 2.24) is 0 Å². The maximum absolute atomic E-state index is 13.4. The van der Waals surface area contributed by atoms with E-state index < -0.39 is 0 Å². The summed E-state index contributed by atoms with van der Waals surface area (Å²) in [4.78, 5) is 26.7. The first-order chi connectivity index (χ1) is 18.0. The molecule has 3 aromatic carbocycles. The highest BCUT2D eigenvalue weighted by Gasteiger charge is 2.34. The number of nitrogens with two attached hydrogens (primary N) is 1. The summed E-state index contributed by atoms with van der Waals surface area (Å²) in [5, 5.41) is 3.40. The summed E-state index contributed by atoms with van der Waals surface area (Å²) in [6, 6.07) is 17.0. The van der Waals surface area contributed by atoms with Crippen molar-refractivity contribution in [2.24, 2.45) is 0 Å². The summed E-state index contributed by atoms with van der Waals surface area (Å²) in [5.41, 5.74) is 10.7. The fourth-order valence-corrected chi connectivity index (χ4v) is 5.59. The minimum absolute atomic E-state index is 0.187. The van der Waals surface area contributed by atoms with Crippen LogP contribution in [0.1, 0.15) is 109 Å². The van der Waals surface area contributed by atoms with Gasteiger partial charge in [-0.05, 0) is 52.5 Å². The van der Waals surface area contributed by atoms with E-state index in [2.05, 4.69) is 40.3 Å². The zero-order chi connectivity index (χ0) is 26.2. The number of nitrogen functional groups attached to an aromatic ring is 1. The second-order valence-electron chi connectivity index (χ2n) is 10.0. The lowest BCUT2D eigenvalue weighted by Crippen LogP contribution is -2.23. The maximum Gasteiger partial charge on any atom is 0.196 e. The van der Waals surface area contributed by atoms with E-state index in [1.54, 1.807) is 30.3 Å². The molecule has 0 aliphatic heterocycles. The van der Waals surface area contributed by atoms with Crippen molar-refractivity contribution < 1.29 is 9.59 Å². The molecule has 4 nitrogen and oxygen atoms in total. The molecule has 4 rings (SSSR count). The molecule has 194 valence electrons. The summed E-state index contributed by atoms with van der Waals surface area (Å²) in [6.45, 7) is 2.26. The van der Waals surface area contributed by atoms with Gasteiger partial charge in [0.15, 0.2) is 11.6 Å². The molecule has 0 radical (unpaired) electrons. The van der Waals surface area contributed by atoms with E-state index in [0.717, 1.165) is 12.1 Å². The molecule has 3 aromatic rings. The van der Waals surface area contributed by atoms with E-state index in [9.17, 15) is 9.59 Å². The summed E-state index contributed by atoms with van der Waals surface area (Å²) in [5.74, 6) is -0.407. The second kappa shape index (κ2) is 13.0. The molecule has 0 atom stereocenters. The van der Waals surface area contributed by atoms with Crippen molar-refractivity contribution in [3.05, 3.63) is 86.9 Å². The van der Waals surface area contributed by atoms with Gasteiger partial charge in [0.1, 0.15) is 0 Å². The Morgan fingerprint density at radius 1 is 0.730 bits per heavy atom. The van der Waals surface area contributed by atoms with Gasteiger partial charge in [0.05, 0.1) is 22.5 Å². The number of nitrogens with one attached hydrogen (secondary N) is 1. The number of carbonyl (C=O) groups is 2. The number of carbonyl (C=O) groups excluding carboxylic acids is 2. The summed E-state index contributed by atoms with van der Waals surface area (Å²) in [6.07, 6.45) is 14.3. The topological polar surface area (TPSA) is 72.2 Å². The van der Waals surface area contributed by atoms with Gasteiger partial charge < -0.3 is 11.1 Å². The Morgan fingerprint density at radius 3 is 1.97 bits per heavy atom. The zero-order valence-electron chi connectivity index (χ0n) is 21.7. The van der Waals surface area contributed by atoms with Crippen LogP contribution in [0.4, 0.5) is 17.1 Å². The number of ketones is 2. The van der Waals surface area contributed by atoms with Crippen molar-refractivity contribution in [3.8, 4) is 0 Å². The lowest BCUT2D eigenvalue weighted by Gasteiger charge is -2.23. The third kappa shape index (κ3) is 6.51. The quantitative estimate of drug-likeness (QED) is 0.126. The van der Waals surface area contributed by atoms with Gasteiger partial charge in [-0.3, -0.25) is 9.59 Å². The highest BCUT2D eigenvalue weighted by molar-refractivity contribution is 9.10. The molecule has 0 fully saturated rings. The predicted molar refractivity (Wildman–Crippen MR) is 157 cm³/mol. The van der Waals surface area contributed by atoms with Crippen LogP contribution in [0.2, 0.25) is 0 Å². The van der Waals surface area contributed by atoms with Crippen LogP contribution in [0.5, 0.6) is 0 Å². The molecule has 0 amide bonds. The molecule has 37 heavy (non-hydrogen) atoms. The molecule has 0 bridgehead atoms. The number of hydrogen-bond acceptors (Lipinski definition) is 4. The number of aryl methyl sites for hydroxylation is 1. The molecule has 0 saturated heterocycles. The van der Waals surface area contributed by atoms with E-state index in [-0.39, 0.29) is 17.1 Å². The molecular formula is C32H37BrN2O2. The maximum atomic E-state index is 13.4. The average molecular weight is 562 g/mol. The van der Waals surface area contributed by atoms with Crippen molar-refractivity contribution in [1.29, 1.82) is 0 Å². The van der Waals surface area contributed by atoms with Crippen molar-refractivity contribution >= 4 is 44.6 Å². The summed E-state index contributed by atoms with van der Waals surface area (Å²) in [7, 11) is 0. The molecule has 3 N–H and O–H groups in total. The highest BCUT2D eigenvalue weighted by Crippen LogP contribution is 2.40. The van der Waals surface area contributed by atoms with E-state index >= 15 is 0 Å². The van der Waals surface area contributed by atoms with E-state index in [4.69, 9.17) is 5.73 Å². The van der Waals surface area contributed by atoms with Gasteiger partial charge in [-0.25, -0.2) is 0 Å². The number of fused-ring (bicyclic) bond motifs is 2. The third-order valence-electron chi connectivity index (χ3n) is 7.21. The zero-order valence-corrected chi connectivity index (χ0v) is 23.3. The SMILES string of the molecule is CCCCCCCCCCCCc1cccc(Nc2cc(Br)c(N)c3c2C(=O)c2ccccc2C3=O)c1. The molecular weight excluding hydrogens is 524 g/mol. The molecule has 0 heterocycles. The second-order valence-corrected chi connectivity index (χ2v) is 10.9. The monoisotopic (exact) mass is 560 g/mol. The summed E-state index contributed by atoms with van der Waals surface area (Å²) < 4.78 is 0.593. The van der Waals surface area contributed by atoms with Gasteiger partial charge in [-0.15, -0.1) is 0 Å². The Kier molecular flexibility index (Phi) is 9.56. The molecule has 0 aromatic heterocycles. The van der Waals surface area contributed by atoms with E-state index in [0.29, 0.717) is 32.5 Å². The molecule has 0 saturated carbocycles. The largest absolute Gasteiger partial charge is 0.397 e. The standard InChI is InChI=1S/C32H37BrN2O2/c1-2-3-4-5-6-7-8-9-10-11-15-22-16-14-17-23(20-22)35-27-21-26(33)30(34)29-28(27)31(36)24-18-12-13-19-25(24)32(29)37/h12-14,16-21,35H,2-11,15,34H2,1H3. The van der Waals surface area contributed by atoms with Crippen LogP contribution in [-0.4, -0.2) is 11.6 Å². The highest BCUT2D eigenvalue weighted by atomic mass is 79.9. The van der Waals surface area contributed by atoms with Crippen molar-refractivity contribution in [2.75, 3.05) is 11.1 Å². The third-order valence-corrected chi connectivity index (χ3v) is 7.87. The Hall–Kier alpha value is -2.92. The Labute approximate surface area is 229 Å². The fourth-order valence-electron chi connectivity index (χ4n) is 5.16. The number of benzene rings is 3. The van der Waals surface area contributed by atoms with Crippen LogP contribution in [-0.2, 0) is 6.42 Å². The Morgan fingerprint density at radius 2 is 1.32 bits per heavy atom. The van der Waals surface area contributed by atoms with Crippen LogP contribution in [0.25, 0.3) is 0 Å². The average Bonchev–Trinajstić information content (AvgIpc) is 2.90. The first-order valence-corrected chi connectivity index (χ1v) is 14.5. The first-order valence-electron chi connectivity index (χ1n) is 13.7. The lowest BCUT2D eigenvalue weighted by atomic mass is 9.82. The van der Waals surface area contributed by atoms with Crippen LogP contribution in [0, 0.1) is 0 Å². The van der Waals surface area contributed by atoms with Gasteiger partial charge in [0.25, 0.3) is 0 Å². The van der Waals surface area contributed by atoms with Crippen LogP contribution < -0.4 is 11.1 Å². The number of halogens is 1. The lowest BCUT2D eigenvalue weighted by molar-refractivity contribution is 0.0980. The smallest absolute Gasteiger partial charge is 0.196 e. The van der Waals surface area contributed by atoms with Gasteiger partial charge in [0.2, 0.25) is 0 Å². The molecule has 1 aliphatic rings.